The highest BCUT2D eigenvalue weighted by Gasteiger charge is 2.09. The molecule has 88 valence electrons. The summed E-state index contributed by atoms with van der Waals surface area (Å²) in [6.07, 6.45) is 4.89. The molecule has 3 N–H and O–H groups in total. The Hall–Kier alpha value is -1.23. The summed E-state index contributed by atoms with van der Waals surface area (Å²) in [5, 5.41) is 9.61. The van der Waals surface area contributed by atoms with Gasteiger partial charge >= 0.3 is 5.97 Å². The SMILES string of the molecule is CCCCCSc1cc(C(=O)O)c(N)cn1. The Balaban J connectivity index is 2.61. The largest absolute Gasteiger partial charge is 0.478 e. The molecule has 0 bridgehead atoms. The summed E-state index contributed by atoms with van der Waals surface area (Å²) < 4.78 is 0. The Kier molecular flexibility index (Phi) is 5.11. The lowest BCUT2D eigenvalue weighted by Gasteiger charge is -2.04. The Labute approximate surface area is 99.3 Å². The summed E-state index contributed by atoms with van der Waals surface area (Å²) in [6, 6.07) is 1.54. The number of anilines is 1. The number of aromatic carboxylic acids is 1. The van der Waals surface area contributed by atoms with Crippen LogP contribution in [0.25, 0.3) is 0 Å². The molecule has 5 heteroatoms. The molecule has 0 unspecified atom stereocenters. The van der Waals surface area contributed by atoms with Gasteiger partial charge in [0.15, 0.2) is 0 Å². The van der Waals surface area contributed by atoms with Crippen molar-refractivity contribution in [1.29, 1.82) is 0 Å². The van der Waals surface area contributed by atoms with Gasteiger partial charge in [0.05, 0.1) is 22.5 Å². The number of rotatable bonds is 6. The zero-order valence-electron chi connectivity index (χ0n) is 9.27. The number of nitrogens with zero attached hydrogens (tertiary/aromatic N) is 1. The van der Waals surface area contributed by atoms with Gasteiger partial charge in [0, 0.05) is 0 Å². The monoisotopic (exact) mass is 240 g/mol. The number of aromatic nitrogens is 1. The highest BCUT2D eigenvalue weighted by molar-refractivity contribution is 7.99. The van der Waals surface area contributed by atoms with Gasteiger partial charge in [-0.25, -0.2) is 9.78 Å². The van der Waals surface area contributed by atoms with Gasteiger partial charge in [0.25, 0.3) is 0 Å². The number of hydrogen-bond acceptors (Lipinski definition) is 4. The molecule has 0 spiro atoms. The molecule has 0 aliphatic heterocycles. The number of unbranched alkanes of at least 4 members (excludes halogenated alkanes) is 2. The van der Waals surface area contributed by atoms with Crippen molar-refractivity contribution >= 4 is 23.4 Å². The Morgan fingerprint density at radius 3 is 2.94 bits per heavy atom. The molecule has 4 nitrogen and oxygen atoms in total. The molecule has 0 saturated carbocycles. The van der Waals surface area contributed by atoms with Gasteiger partial charge in [-0.3, -0.25) is 0 Å². The van der Waals surface area contributed by atoms with Crippen LogP contribution in [-0.2, 0) is 0 Å². The van der Waals surface area contributed by atoms with E-state index < -0.39 is 5.97 Å². The Morgan fingerprint density at radius 2 is 2.31 bits per heavy atom. The van der Waals surface area contributed by atoms with Gasteiger partial charge < -0.3 is 10.8 Å². The molecule has 0 fully saturated rings. The highest BCUT2D eigenvalue weighted by atomic mass is 32.2. The van der Waals surface area contributed by atoms with Crippen LogP contribution in [0.5, 0.6) is 0 Å². The molecule has 0 atom stereocenters. The van der Waals surface area contributed by atoms with Crippen LogP contribution in [0.3, 0.4) is 0 Å². The number of pyridine rings is 1. The van der Waals surface area contributed by atoms with Crippen LogP contribution in [0, 0.1) is 0 Å². The van der Waals surface area contributed by atoms with E-state index in [-0.39, 0.29) is 11.3 Å². The molecular weight excluding hydrogens is 224 g/mol. The van der Waals surface area contributed by atoms with E-state index in [1.54, 1.807) is 11.8 Å². The molecule has 0 aromatic carbocycles. The zero-order chi connectivity index (χ0) is 12.0. The summed E-state index contributed by atoms with van der Waals surface area (Å²) in [6.45, 7) is 2.15. The molecule has 1 aromatic heterocycles. The zero-order valence-corrected chi connectivity index (χ0v) is 10.1. The van der Waals surface area contributed by atoms with Crippen molar-refractivity contribution in [1.82, 2.24) is 4.98 Å². The molecular formula is C11H16N2O2S. The van der Waals surface area contributed by atoms with E-state index in [4.69, 9.17) is 10.8 Å². The number of nitrogen functional groups attached to an aromatic ring is 1. The average molecular weight is 240 g/mol. The van der Waals surface area contributed by atoms with Crippen molar-refractivity contribution in [2.75, 3.05) is 11.5 Å². The minimum atomic E-state index is -1.00. The van der Waals surface area contributed by atoms with Crippen LogP contribution in [0.2, 0.25) is 0 Å². The fraction of sp³-hybridized carbons (Fsp3) is 0.455. The summed E-state index contributed by atoms with van der Waals surface area (Å²) >= 11 is 1.57. The minimum Gasteiger partial charge on any atom is -0.478 e. The maximum atomic E-state index is 10.8. The van der Waals surface area contributed by atoms with E-state index in [0.29, 0.717) is 0 Å². The third-order valence-electron chi connectivity index (χ3n) is 2.14. The maximum Gasteiger partial charge on any atom is 0.337 e. The number of carbonyl (C=O) groups is 1. The van der Waals surface area contributed by atoms with Crippen LogP contribution in [-0.4, -0.2) is 21.8 Å². The van der Waals surface area contributed by atoms with Crippen LogP contribution >= 0.6 is 11.8 Å². The summed E-state index contributed by atoms with van der Waals surface area (Å²) in [4.78, 5) is 14.9. The van der Waals surface area contributed by atoms with E-state index in [1.807, 2.05) is 0 Å². The number of nitrogens with two attached hydrogens (primary N) is 1. The van der Waals surface area contributed by atoms with Gasteiger partial charge in [0.1, 0.15) is 0 Å². The van der Waals surface area contributed by atoms with Crippen molar-refractivity contribution in [3.63, 3.8) is 0 Å². The lowest BCUT2D eigenvalue weighted by Crippen LogP contribution is -2.03. The third-order valence-corrected chi connectivity index (χ3v) is 3.15. The summed E-state index contributed by atoms with van der Waals surface area (Å²) in [7, 11) is 0. The van der Waals surface area contributed by atoms with Crippen LogP contribution in [0.1, 0.15) is 36.5 Å². The quantitative estimate of drug-likeness (QED) is 0.590. The van der Waals surface area contributed by atoms with E-state index in [9.17, 15) is 4.79 Å². The number of carboxylic acid groups (broad SMARTS) is 1. The fourth-order valence-electron chi connectivity index (χ4n) is 1.24. The van der Waals surface area contributed by atoms with Crippen molar-refractivity contribution in [3.05, 3.63) is 17.8 Å². The number of carboxylic acids is 1. The van der Waals surface area contributed by atoms with Gasteiger partial charge in [-0.2, -0.15) is 0 Å². The molecule has 1 heterocycles. The lowest BCUT2D eigenvalue weighted by atomic mass is 10.2. The van der Waals surface area contributed by atoms with Crippen LogP contribution in [0.15, 0.2) is 17.3 Å². The average Bonchev–Trinajstić information content (AvgIpc) is 2.26. The second-order valence-corrected chi connectivity index (χ2v) is 4.59. The highest BCUT2D eigenvalue weighted by Crippen LogP contribution is 2.21. The van der Waals surface area contributed by atoms with Crippen molar-refractivity contribution in [2.24, 2.45) is 0 Å². The van der Waals surface area contributed by atoms with Crippen molar-refractivity contribution < 1.29 is 9.90 Å². The van der Waals surface area contributed by atoms with Crippen LogP contribution < -0.4 is 5.73 Å². The van der Waals surface area contributed by atoms with Gasteiger partial charge in [-0.15, -0.1) is 11.8 Å². The lowest BCUT2D eigenvalue weighted by molar-refractivity contribution is 0.0697. The minimum absolute atomic E-state index is 0.132. The first-order valence-electron chi connectivity index (χ1n) is 5.26. The molecule has 16 heavy (non-hydrogen) atoms. The Morgan fingerprint density at radius 1 is 1.56 bits per heavy atom. The van der Waals surface area contributed by atoms with E-state index >= 15 is 0 Å². The Bertz CT molecular complexity index is 369. The maximum absolute atomic E-state index is 10.8. The molecule has 0 aliphatic rings. The van der Waals surface area contributed by atoms with Gasteiger partial charge in [-0.1, -0.05) is 19.8 Å². The summed E-state index contributed by atoms with van der Waals surface area (Å²) in [5.74, 6) is -0.0422. The first kappa shape index (κ1) is 12.8. The molecule has 0 aliphatic carbocycles. The van der Waals surface area contributed by atoms with Crippen molar-refractivity contribution in [2.45, 2.75) is 31.2 Å². The summed E-state index contributed by atoms with van der Waals surface area (Å²) in [5.41, 5.74) is 5.86. The smallest absolute Gasteiger partial charge is 0.337 e. The first-order chi connectivity index (χ1) is 7.65. The third kappa shape index (κ3) is 3.73. The van der Waals surface area contributed by atoms with Crippen LogP contribution in [0.4, 0.5) is 5.69 Å². The van der Waals surface area contributed by atoms with E-state index in [0.717, 1.165) is 17.2 Å². The van der Waals surface area contributed by atoms with Gasteiger partial charge in [-0.05, 0) is 18.2 Å². The molecule has 0 saturated heterocycles. The molecule has 1 rings (SSSR count). The molecule has 0 radical (unpaired) electrons. The van der Waals surface area contributed by atoms with Crippen molar-refractivity contribution in [3.8, 4) is 0 Å². The second kappa shape index (κ2) is 6.37. The van der Waals surface area contributed by atoms with Gasteiger partial charge in [0.2, 0.25) is 0 Å². The molecule has 1 aromatic rings. The number of thioether (sulfide) groups is 1. The second-order valence-electron chi connectivity index (χ2n) is 3.47. The standard InChI is InChI=1S/C11H16N2O2S/c1-2-3-4-5-16-10-6-8(11(14)15)9(12)7-13-10/h6-7H,2-5,12H2,1H3,(H,14,15). The predicted molar refractivity (Wildman–Crippen MR) is 65.9 cm³/mol. The number of hydrogen-bond donors (Lipinski definition) is 2. The normalized spacial score (nSPS) is 10.3. The fourth-order valence-corrected chi connectivity index (χ4v) is 2.13. The first-order valence-corrected chi connectivity index (χ1v) is 6.25. The van der Waals surface area contributed by atoms with E-state index in [2.05, 4.69) is 11.9 Å². The topological polar surface area (TPSA) is 76.2 Å². The predicted octanol–water partition coefficient (Wildman–Crippen LogP) is 2.64. The molecule has 0 amide bonds. The van der Waals surface area contributed by atoms with E-state index in [1.165, 1.54) is 25.1 Å².